The van der Waals surface area contributed by atoms with Crippen molar-refractivity contribution < 1.29 is 17.7 Å². The van der Waals surface area contributed by atoms with Crippen molar-refractivity contribution in [3.63, 3.8) is 0 Å². The first kappa shape index (κ1) is 20.4. The van der Waals surface area contributed by atoms with Gasteiger partial charge in [0.1, 0.15) is 5.76 Å². The molecule has 166 valence electrons. The zero-order chi connectivity index (χ0) is 21.1. The van der Waals surface area contributed by atoms with Crippen LogP contribution < -0.4 is 10.6 Å². The van der Waals surface area contributed by atoms with Gasteiger partial charge in [-0.25, -0.2) is 0 Å². The Hall–Kier alpha value is -1.49. The van der Waals surface area contributed by atoms with Gasteiger partial charge in [0.05, 0.1) is 0 Å². The first-order valence-electron chi connectivity index (χ1n) is 11.0. The molecule has 0 radical (unpaired) electrons. The average Bonchev–Trinajstić information content (AvgIpc) is 3.33. The van der Waals surface area contributed by atoms with Gasteiger partial charge in [-0.3, -0.25) is 4.79 Å². The highest BCUT2D eigenvalue weighted by Crippen LogP contribution is 2.41. The number of hydrogen-bond donors (Lipinski definition) is 2. The lowest BCUT2D eigenvalue weighted by Crippen LogP contribution is -2.63. The van der Waals surface area contributed by atoms with E-state index in [1.807, 2.05) is 13.8 Å². The summed E-state index contributed by atoms with van der Waals surface area (Å²) in [7, 11) is -3.51. The Morgan fingerprint density at radius 1 is 1.23 bits per heavy atom. The van der Waals surface area contributed by atoms with Crippen molar-refractivity contribution in [2.24, 2.45) is 0 Å². The van der Waals surface area contributed by atoms with Gasteiger partial charge in [0, 0.05) is 55.3 Å². The summed E-state index contributed by atoms with van der Waals surface area (Å²) < 4.78 is 35.5. The molecule has 0 spiro atoms. The van der Waals surface area contributed by atoms with E-state index in [0.717, 1.165) is 31.4 Å². The van der Waals surface area contributed by atoms with Crippen LogP contribution in [0.3, 0.4) is 0 Å². The van der Waals surface area contributed by atoms with Crippen LogP contribution in [0.4, 0.5) is 0 Å². The molecule has 9 nitrogen and oxygen atoms in total. The van der Waals surface area contributed by atoms with Gasteiger partial charge in [-0.15, -0.1) is 0 Å². The van der Waals surface area contributed by atoms with E-state index in [0.29, 0.717) is 44.1 Å². The molecule has 1 aliphatic carbocycles. The van der Waals surface area contributed by atoms with Gasteiger partial charge in [0.25, 0.3) is 16.1 Å². The van der Waals surface area contributed by atoms with E-state index < -0.39 is 10.2 Å². The number of amides is 1. The van der Waals surface area contributed by atoms with Crippen LogP contribution in [0.15, 0.2) is 10.6 Å². The number of fused-ring (bicyclic) bond motifs is 2. The monoisotopic (exact) mass is 437 g/mol. The van der Waals surface area contributed by atoms with Gasteiger partial charge in [-0.2, -0.15) is 17.0 Å². The number of piperidine rings is 1. The van der Waals surface area contributed by atoms with Crippen LogP contribution in [-0.4, -0.2) is 71.4 Å². The van der Waals surface area contributed by atoms with E-state index in [1.165, 1.54) is 0 Å². The van der Waals surface area contributed by atoms with Gasteiger partial charge in [-0.1, -0.05) is 5.16 Å². The standard InChI is InChI=1S/C20H31N5O4S/c1-20(2)12-24(8-7-21-20)30(27,28)25-15-5-6-16(25)10-14(9-15)22-19(26)17-11-18(29-23-17)13-3-4-13/h11,13-16,21H,3-10,12H2,1-2H3,(H,22,26)/t14-,15+,16-. The van der Waals surface area contributed by atoms with E-state index in [4.69, 9.17) is 4.52 Å². The molecule has 0 aromatic carbocycles. The number of hydrogen-bond acceptors (Lipinski definition) is 6. The molecule has 1 saturated carbocycles. The van der Waals surface area contributed by atoms with Gasteiger partial charge < -0.3 is 15.2 Å². The second-order valence-corrected chi connectivity index (χ2v) is 11.7. The van der Waals surface area contributed by atoms with Crippen LogP contribution in [0.2, 0.25) is 0 Å². The molecule has 3 aliphatic heterocycles. The second-order valence-electron chi connectivity index (χ2n) is 9.90. The Morgan fingerprint density at radius 3 is 2.57 bits per heavy atom. The van der Waals surface area contributed by atoms with E-state index in [1.54, 1.807) is 14.7 Å². The maximum atomic E-state index is 13.4. The van der Waals surface area contributed by atoms with Crippen molar-refractivity contribution in [2.75, 3.05) is 19.6 Å². The lowest BCUT2D eigenvalue weighted by molar-refractivity contribution is 0.0896. The van der Waals surface area contributed by atoms with Crippen molar-refractivity contribution in [3.8, 4) is 0 Å². The molecule has 4 fully saturated rings. The smallest absolute Gasteiger partial charge is 0.282 e. The van der Waals surface area contributed by atoms with Crippen LogP contribution in [-0.2, 0) is 10.2 Å². The Labute approximate surface area is 177 Å². The maximum Gasteiger partial charge on any atom is 0.282 e. The van der Waals surface area contributed by atoms with Crippen LogP contribution in [0.5, 0.6) is 0 Å². The highest BCUT2D eigenvalue weighted by atomic mass is 32.2. The molecule has 10 heteroatoms. The Kier molecular flexibility index (Phi) is 4.96. The number of carbonyl (C=O) groups is 1. The summed E-state index contributed by atoms with van der Waals surface area (Å²) in [6.07, 6.45) is 5.17. The number of nitrogens with zero attached hydrogens (tertiary/aromatic N) is 3. The highest BCUT2D eigenvalue weighted by molar-refractivity contribution is 7.86. The Bertz CT molecular complexity index is 911. The first-order chi connectivity index (χ1) is 14.2. The van der Waals surface area contributed by atoms with Crippen molar-refractivity contribution in [1.82, 2.24) is 24.4 Å². The second kappa shape index (κ2) is 7.29. The predicted octanol–water partition coefficient (Wildman–Crippen LogP) is 1.21. The largest absolute Gasteiger partial charge is 0.360 e. The lowest BCUT2D eigenvalue weighted by atomic mass is 9.99. The molecule has 1 amide bonds. The number of carbonyl (C=O) groups excluding carboxylic acids is 1. The minimum atomic E-state index is -3.51. The third-order valence-corrected chi connectivity index (χ3v) is 8.96. The summed E-state index contributed by atoms with van der Waals surface area (Å²) in [5.41, 5.74) is 0.0930. The maximum absolute atomic E-state index is 13.4. The Morgan fingerprint density at radius 2 is 1.93 bits per heavy atom. The molecule has 3 atom stereocenters. The minimum Gasteiger partial charge on any atom is -0.360 e. The van der Waals surface area contributed by atoms with E-state index in [2.05, 4.69) is 15.8 Å². The summed E-state index contributed by atoms with van der Waals surface area (Å²) in [6, 6.07) is 1.59. The molecular formula is C20H31N5O4S. The van der Waals surface area contributed by atoms with Gasteiger partial charge >= 0.3 is 0 Å². The number of rotatable bonds is 5. The molecule has 1 aromatic rings. The third-order valence-electron chi connectivity index (χ3n) is 6.87. The number of nitrogens with one attached hydrogen (secondary N) is 2. The highest BCUT2D eigenvalue weighted by Gasteiger charge is 2.50. The van der Waals surface area contributed by atoms with Gasteiger partial charge in [-0.05, 0) is 52.4 Å². The Balaban J connectivity index is 1.24. The van der Waals surface area contributed by atoms with Crippen molar-refractivity contribution in [1.29, 1.82) is 0 Å². The quantitative estimate of drug-likeness (QED) is 0.717. The number of aromatic nitrogens is 1. The minimum absolute atomic E-state index is 0.0398. The molecule has 2 bridgehead atoms. The zero-order valence-corrected chi connectivity index (χ0v) is 18.5. The fraction of sp³-hybridized carbons (Fsp3) is 0.800. The van der Waals surface area contributed by atoms with Crippen LogP contribution in [0, 0.1) is 0 Å². The molecule has 4 heterocycles. The normalized spacial score (nSPS) is 32.3. The van der Waals surface area contributed by atoms with Crippen LogP contribution >= 0.6 is 0 Å². The fourth-order valence-electron chi connectivity index (χ4n) is 5.27. The lowest BCUT2D eigenvalue weighted by Gasteiger charge is -2.44. The fourth-order valence-corrected chi connectivity index (χ4v) is 7.48. The molecule has 0 unspecified atom stereocenters. The van der Waals surface area contributed by atoms with Crippen molar-refractivity contribution >= 4 is 16.1 Å². The summed E-state index contributed by atoms with van der Waals surface area (Å²) in [4.78, 5) is 12.6. The molecular weight excluding hydrogens is 406 g/mol. The van der Waals surface area contributed by atoms with Crippen LogP contribution in [0.1, 0.15) is 74.5 Å². The summed E-state index contributed by atoms with van der Waals surface area (Å²) in [5, 5.41) is 10.4. The zero-order valence-electron chi connectivity index (χ0n) is 17.6. The topological polar surface area (TPSA) is 108 Å². The average molecular weight is 438 g/mol. The number of piperazine rings is 1. The van der Waals surface area contributed by atoms with Crippen molar-refractivity contribution in [3.05, 3.63) is 17.5 Å². The van der Waals surface area contributed by atoms with Gasteiger partial charge in [0.15, 0.2) is 5.69 Å². The third kappa shape index (κ3) is 3.79. The summed E-state index contributed by atoms with van der Waals surface area (Å²) in [6.45, 7) is 5.69. The van der Waals surface area contributed by atoms with Gasteiger partial charge in [0.2, 0.25) is 0 Å². The summed E-state index contributed by atoms with van der Waals surface area (Å²) >= 11 is 0. The van der Waals surface area contributed by atoms with E-state index >= 15 is 0 Å². The van der Waals surface area contributed by atoms with Crippen LogP contribution in [0.25, 0.3) is 0 Å². The molecule has 4 aliphatic rings. The predicted molar refractivity (Wildman–Crippen MR) is 110 cm³/mol. The molecule has 30 heavy (non-hydrogen) atoms. The van der Waals surface area contributed by atoms with E-state index in [9.17, 15) is 13.2 Å². The molecule has 1 aromatic heterocycles. The molecule has 5 rings (SSSR count). The first-order valence-corrected chi connectivity index (χ1v) is 12.4. The van der Waals surface area contributed by atoms with Crippen molar-refractivity contribution in [2.45, 2.75) is 82.0 Å². The molecule has 2 N–H and O–H groups in total. The SMILES string of the molecule is CC1(C)CN(S(=O)(=O)N2[C@@H]3CC[C@H]2C[C@@H](NC(=O)c2cc(C4CC4)on2)C3)CCN1. The van der Waals surface area contributed by atoms with E-state index in [-0.39, 0.29) is 29.6 Å². The summed E-state index contributed by atoms with van der Waals surface area (Å²) in [5.74, 6) is 0.980. The molecule has 3 saturated heterocycles.